The molecule has 0 saturated heterocycles. The molecule has 0 radical (unpaired) electrons. The summed E-state index contributed by atoms with van der Waals surface area (Å²) in [5, 5.41) is 2.98. The number of ether oxygens (including phenoxy) is 1. The van der Waals surface area contributed by atoms with Crippen molar-refractivity contribution in [2.75, 3.05) is 20.8 Å². The summed E-state index contributed by atoms with van der Waals surface area (Å²) in [7, 11) is -0.463. The van der Waals surface area contributed by atoms with Crippen LogP contribution in [0.1, 0.15) is 12.5 Å². The number of sulfonamides is 1. The first-order valence-electron chi connectivity index (χ1n) is 6.47. The smallest absolute Gasteiger partial charge is 0.240 e. The van der Waals surface area contributed by atoms with Gasteiger partial charge in [-0.25, -0.2) is 18.1 Å². The first-order chi connectivity index (χ1) is 9.89. The molecule has 0 heterocycles. The Balaban J connectivity index is 0.00000441. The molecule has 0 bridgehead atoms. The fraction of sp³-hybridized carbons (Fsp3) is 0.462. The van der Waals surface area contributed by atoms with Crippen LogP contribution in [0.5, 0.6) is 0 Å². The Morgan fingerprint density at radius 2 is 2.14 bits per heavy atom. The molecule has 0 amide bonds. The highest BCUT2D eigenvalue weighted by Crippen LogP contribution is 2.11. The number of halogens is 1. The zero-order valence-electron chi connectivity index (χ0n) is 12.9. The molecule has 0 aliphatic rings. The molecule has 0 aliphatic heterocycles. The highest BCUT2D eigenvalue weighted by Gasteiger charge is 2.11. The summed E-state index contributed by atoms with van der Waals surface area (Å²) >= 11 is 0. The number of hydrogen-bond acceptors (Lipinski definition) is 4. The van der Waals surface area contributed by atoms with Gasteiger partial charge in [0, 0.05) is 13.2 Å². The van der Waals surface area contributed by atoms with Crippen LogP contribution < -0.4 is 15.8 Å². The van der Waals surface area contributed by atoms with E-state index >= 15 is 0 Å². The van der Waals surface area contributed by atoms with E-state index in [0.29, 0.717) is 19.1 Å². The summed E-state index contributed by atoms with van der Waals surface area (Å²) in [6, 6.07) is 6.62. The lowest BCUT2D eigenvalue weighted by Gasteiger charge is -2.13. The van der Waals surface area contributed by atoms with Crippen molar-refractivity contribution in [2.45, 2.75) is 24.4 Å². The van der Waals surface area contributed by atoms with Crippen LogP contribution in [-0.4, -0.2) is 41.2 Å². The largest absolute Gasteiger partial charge is 0.383 e. The van der Waals surface area contributed by atoms with E-state index in [-0.39, 0.29) is 34.9 Å². The predicted molar refractivity (Wildman–Crippen MR) is 97.9 cm³/mol. The predicted octanol–water partition coefficient (Wildman–Crippen LogP) is 0.652. The number of nitrogens with zero attached hydrogens (tertiary/aromatic N) is 1. The molecule has 9 heteroatoms. The molecule has 4 N–H and O–H groups in total. The van der Waals surface area contributed by atoms with Gasteiger partial charge < -0.3 is 15.8 Å². The Labute approximate surface area is 148 Å². The molecule has 1 rings (SSSR count). The van der Waals surface area contributed by atoms with E-state index in [1.807, 2.05) is 6.92 Å². The van der Waals surface area contributed by atoms with Gasteiger partial charge in [-0.3, -0.25) is 0 Å². The number of rotatable bonds is 7. The Kier molecular flexibility index (Phi) is 9.56. The van der Waals surface area contributed by atoms with Crippen molar-refractivity contribution in [3.8, 4) is 0 Å². The van der Waals surface area contributed by atoms with Crippen molar-refractivity contribution in [2.24, 2.45) is 10.7 Å². The summed E-state index contributed by atoms with van der Waals surface area (Å²) in [5.74, 6) is 0.293. The van der Waals surface area contributed by atoms with Gasteiger partial charge in [-0.15, -0.1) is 24.0 Å². The van der Waals surface area contributed by atoms with E-state index in [4.69, 9.17) is 10.5 Å². The van der Waals surface area contributed by atoms with Gasteiger partial charge in [0.2, 0.25) is 10.0 Å². The Morgan fingerprint density at radius 3 is 2.73 bits per heavy atom. The minimum Gasteiger partial charge on any atom is -0.383 e. The summed E-state index contributed by atoms with van der Waals surface area (Å²) in [5.41, 5.74) is 6.52. The van der Waals surface area contributed by atoms with Gasteiger partial charge in [-0.1, -0.05) is 12.1 Å². The molecule has 1 atom stereocenters. The summed E-state index contributed by atoms with van der Waals surface area (Å²) in [6.45, 7) is 2.74. The van der Waals surface area contributed by atoms with Gasteiger partial charge in [0.05, 0.1) is 18.0 Å². The summed E-state index contributed by atoms with van der Waals surface area (Å²) in [4.78, 5) is 4.38. The second kappa shape index (κ2) is 9.98. The monoisotopic (exact) mass is 442 g/mol. The standard InChI is InChI=1S/C13H22N4O3S.HI/c1-10(9-20-3)17-13(14)16-8-11-5-4-6-12(7-11)21(18,19)15-2;/h4-7,10,15H,8-9H2,1-3H3,(H3,14,16,17);1H. The van der Waals surface area contributed by atoms with Gasteiger partial charge in [0.15, 0.2) is 5.96 Å². The SMILES string of the molecule is CNS(=O)(=O)c1cccc(CN=C(N)NC(C)COC)c1.I. The van der Waals surface area contributed by atoms with E-state index in [2.05, 4.69) is 15.0 Å². The average Bonchev–Trinajstić information content (AvgIpc) is 2.45. The van der Waals surface area contributed by atoms with Gasteiger partial charge in [0.1, 0.15) is 0 Å². The first kappa shape index (κ1) is 21.1. The molecule has 126 valence electrons. The van der Waals surface area contributed by atoms with E-state index in [0.717, 1.165) is 5.56 Å². The van der Waals surface area contributed by atoms with E-state index in [1.165, 1.54) is 13.1 Å². The second-order valence-electron chi connectivity index (χ2n) is 4.56. The van der Waals surface area contributed by atoms with Crippen molar-refractivity contribution in [1.29, 1.82) is 0 Å². The van der Waals surface area contributed by atoms with Crippen LogP contribution in [0, 0.1) is 0 Å². The molecule has 0 fully saturated rings. The summed E-state index contributed by atoms with van der Waals surface area (Å²) < 4.78 is 30.7. The number of aliphatic imine (C=N–C) groups is 1. The van der Waals surface area contributed by atoms with Crippen LogP contribution in [0.3, 0.4) is 0 Å². The molecular weight excluding hydrogens is 419 g/mol. The topological polar surface area (TPSA) is 106 Å². The van der Waals surface area contributed by atoms with Crippen molar-refractivity contribution in [1.82, 2.24) is 10.0 Å². The van der Waals surface area contributed by atoms with Crippen molar-refractivity contribution < 1.29 is 13.2 Å². The van der Waals surface area contributed by atoms with Crippen LogP contribution in [-0.2, 0) is 21.3 Å². The molecular formula is C13H23IN4O3S. The maximum atomic E-state index is 11.7. The number of nitrogens with two attached hydrogens (primary N) is 1. The molecule has 0 aromatic heterocycles. The maximum absolute atomic E-state index is 11.7. The lowest BCUT2D eigenvalue weighted by atomic mass is 10.2. The number of nitrogens with one attached hydrogen (secondary N) is 2. The molecule has 1 aromatic rings. The fourth-order valence-electron chi connectivity index (χ4n) is 1.70. The molecule has 7 nitrogen and oxygen atoms in total. The van der Waals surface area contributed by atoms with E-state index in [9.17, 15) is 8.42 Å². The summed E-state index contributed by atoms with van der Waals surface area (Å²) in [6.07, 6.45) is 0. The van der Waals surface area contributed by atoms with Crippen LogP contribution in [0.15, 0.2) is 34.2 Å². The van der Waals surface area contributed by atoms with Gasteiger partial charge in [0.25, 0.3) is 0 Å². The average molecular weight is 442 g/mol. The Hall–Kier alpha value is -0.910. The zero-order chi connectivity index (χ0) is 15.9. The van der Waals surface area contributed by atoms with Gasteiger partial charge >= 0.3 is 0 Å². The highest BCUT2D eigenvalue weighted by atomic mass is 127. The third-order valence-corrected chi connectivity index (χ3v) is 4.13. The highest BCUT2D eigenvalue weighted by molar-refractivity contribution is 14.0. The number of methoxy groups -OCH3 is 1. The lowest BCUT2D eigenvalue weighted by Crippen LogP contribution is -2.40. The van der Waals surface area contributed by atoms with Gasteiger partial charge in [-0.05, 0) is 31.7 Å². The van der Waals surface area contributed by atoms with Crippen LogP contribution in [0.25, 0.3) is 0 Å². The van der Waals surface area contributed by atoms with Crippen molar-refractivity contribution >= 4 is 40.0 Å². The molecule has 0 saturated carbocycles. The van der Waals surface area contributed by atoms with Crippen molar-refractivity contribution in [3.63, 3.8) is 0 Å². The third kappa shape index (κ3) is 6.90. The van der Waals surface area contributed by atoms with Crippen molar-refractivity contribution in [3.05, 3.63) is 29.8 Å². The minimum absolute atomic E-state index is 0. The zero-order valence-corrected chi connectivity index (χ0v) is 16.0. The Bertz CT molecular complexity index is 593. The third-order valence-electron chi connectivity index (χ3n) is 2.72. The van der Waals surface area contributed by atoms with E-state index in [1.54, 1.807) is 25.3 Å². The number of benzene rings is 1. The maximum Gasteiger partial charge on any atom is 0.240 e. The molecule has 1 aromatic carbocycles. The molecule has 22 heavy (non-hydrogen) atoms. The number of guanidine groups is 1. The first-order valence-corrected chi connectivity index (χ1v) is 7.95. The quantitative estimate of drug-likeness (QED) is 0.327. The van der Waals surface area contributed by atoms with Crippen LogP contribution in [0.4, 0.5) is 0 Å². The van der Waals surface area contributed by atoms with Crippen LogP contribution >= 0.6 is 24.0 Å². The molecule has 1 unspecified atom stereocenters. The minimum atomic E-state index is -3.45. The second-order valence-corrected chi connectivity index (χ2v) is 6.44. The van der Waals surface area contributed by atoms with Crippen LogP contribution in [0.2, 0.25) is 0 Å². The Morgan fingerprint density at radius 1 is 1.45 bits per heavy atom. The number of hydrogen-bond donors (Lipinski definition) is 3. The molecule has 0 spiro atoms. The molecule has 0 aliphatic carbocycles. The van der Waals surface area contributed by atoms with E-state index < -0.39 is 10.0 Å². The lowest BCUT2D eigenvalue weighted by molar-refractivity contribution is 0.179. The van der Waals surface area contributed by atoms with Gasteiger partial charge in [-0.2, -0.15) is 0 Å². The normalized spacial score (nSPS) is 13.3. The fourth-order valence-corrected chi connectivity index (χ4v) is 2.50.